The number of alkyl halides is 3. The van der Waals surface area contributed by atoms with E-state index in [1.54, 1.807) is 11.6 Å². The van der Waals surface area contributed by atoms with E-state index in [1.165, 1.54) is 0 Å². The molecule has 0 spiro atoms. The number of hydrogen-bond donors (Lipinski definition) is 2. The van der Waals surface area contributed by atoms with Crippen molar-refractivity contribution in [3.8, 4) is 0 Å². The second-order valence-corrected chi connectivity index (χ2v) is 5.88. The highest BCUT2D eigenvalue weighted by molar-refractivity contribution is 7.89. The molecule has 0 unspecified atom stereocenters. The number of sulfonamides is 1. The van der Waals surface area contributed by atoms with Crippen molar-refractivity contribution in [3.63, 3.8) is 0 Å². The Morgan fingerprint density at radius 1 is 1.50 bits per heavy atom. The Morgan fingerprint density at radius 2 is 2.11 bits per heavy atom. The number of rotatable bonds is 4. The van der Waals surface area contributed by atoms with Crippen molar-refractivity contribution in [1.82, 2.24) is 14.7 Å². The van der Waals surface area contributed by atoms with E-state index in [9.17, 15) is 21.6 Å². The molecule has 1 aromatic heterocycles. The summed E-state index contributed by atoms with van der Waals surface area (Å²) in [6.07, 6.45) is -3.55. The number of aryl methyl sites for hydroxylation is 1. The molecule has 2 rings (SSSR count). The van der Waals surface area contributed by atoms with Crippen molar-refractivity contribution in [2.24, 2.45) is 0 Å². The topological polar surface area (TPSA) is 74.8 Å². The van der Waals surface area contributed by atoms with Crippen LogP contribution in [0.25, 0.3) is 0 Å². The van der Waals surface area contributed by atoms with Crippen LogP contribution in [-0.4, -0.2) is 30.1 Å². The second-order valence-electron chi connectivity index (χ2n) is 4.23. The molecule has 0 radical (unpaired) electrons. The number of nitrogens with zero attached hydrogens (tertiary/aromatic N) is 1. The van der Waals surface area contributed by atoms with Crippen LogP contribution < -0.4 is 4.72 Å². The van der Waals surface area contributed by atoms with Crippen molar-refractivity contribution >= 4 is 10.0 Å². The van der Waals surface area contributed by atoms with E-state index in [2.05, 4.69) is 9.97 Å². The van der Waals surface area contributed by atoms with Crippen molar-refractivity contribution in [2.45, 2.75) is 42.9 Å². The van der Waals surface area contributed by atoms with Crippen LogP contribution in [0.1, 0.15) is 25.6 Å². The van der Waals surface area contributed by atoms with Gasteiger partial charge in [0.15, 0.2) is 5.03 Å². The van der Waals surface area contributed by atoms with E-state index in [-0.39, 0.29) is 17.9 Å². The number of halogens is 3. The predicted molar refractivity (Wildman–Crippen MR) is 56.3 cm³/mol. The summed E-state index contributed by atoms with van der Waals surface area (Å²) in [5, 5.41) is -0.338. The zero-order chi connectivity index (χ0) is 13.6. The monoisotopic (exact) mass is 283 g/mol. The van der Waals surface area contributed by atoms with Gasteiger partial charge in [0.1, 0.15) is 11.4 Å². The smallest absolute Gasteiger partial charge is 0.332 e. The van der Waals surface area contributed by atoms with Gasteiger partial charge in [0.05, 0.1) is 6.20 Å². The Kier molecular flexibility index (Phi) is 2.93. The maximum Gasteiger partial charge on any atom is 0.407 e. The molecule has 2 N–H and O–H groups in total. The first-order valence-corrected chi connectivity index (χ1v) is 6.83. The SMILES string of the molecule is CCc1ncc(S(=O)(=O)NC2(C(F)(F)F)CC2)[nH]1. The Balaban J connectivity index is 2.23. The Labute approximate surface area is 102 Å². The molecule has 1 aromatic rings. The molecule has 1 aliphatic carbocycles. The molecular formula is C9H12F3N3O2S. The predicted octanol–water partition coefficient (Wildman–Crippen LogP) is 1.35. The van der Waals surface area contributed by atoms with Gasteiger partial charge in [-0.3, -0.25) is 0 Å². The van der Waals surface area contributed by atoms with Crippen LogP contribution in [0.2, 0.25) is 0 Å². The highest BCUT2D eigenvalue weighted by atomic mass is 32.2. The van der Waals surface area contributed by atoms with Gasteiger partial charge in [0, 0.05) is 6.42 Å². The van der Waals surface area contributed by atoms with Crippen LogP contribution in [-0.2, 0) is 16.4 Å². The fourth-order valence-corrected chi connectivity index (χ4v) is 2.93. The van der Waals surface area contributed by atoms with Gasteiger partial charge in [-0.05, 0) is 12.8 Å². The summed E-state index contributed by atoms with van der Waals surface area (Å²) in [5.41, 5.74) is -2.30. The van der Waals surface area contributed by atoms with E-state index in [4.69, 9.17) is 0 Å². The number of hydrogen-bond acceptors (Lipinski definition) is 3. The van der Waals surface area contributed by atoms with E-state index in [1.807, 2.05) is 0 Å². The lowest BCUT2D eigenvalue weighted by atomic mass is 10.3. The third-order valence-corrected chi connectivity index (χ3v) is 4.30. The van der Waals surface area contributed by atoms with Crippen molar-refractivity contribution in [1.29, 1.82) is 0 Å². The molecule has 0 saturated heterocycles. The molecule has 1 fully saturated rings. The minimum absolute atomic E-state index is 0.232. The number of imidazole rings is 1. The zero-order valence-corrected chi connectivity index (χ0v) is 10.3. The summed E-state index contributed by atoms with van der Waals surface area (Å²) in [4.78, 5) is 6.23. The lowest BCUT2D eigenvalue weighted by Gasteiger charge is -2.19. The van der Waals surface area contributed by atoms with Gasteiger partial charge in [0.2, 0.25) is 0 Å². The molecule has 18 heavy (non-hydrogen) atoms. The van der Waals surface area contributed by atoms with Crippen molar-refractivity contribution in [3.05, 3.63) is 12.0 Å². The standard InChI is InChI=1S/C9H12F3N3O2S/c1-2-6-13-5-7(14-6)18(16,17)15-8(3-4-8)9(10,11)12/h5,15H,2-4H2,1H3,(H,13,14). The molecular weight excluding hydrogens is 271 g/mol. The first-order chi connectivity index (χ1) is 8.20. The first-order valence-electron chi connectivity index (χ1n) is 5.35. The largest absolute Gasteiger partial charge is 0.407 e. The van der Waals surface area contributed by atoms with Gasteiger partial charge in [0.25, 0.3) is 10.0 Å². The second kappa shape index (κ2) is 3.95. The number of aromatic amines is 1. The normalized spacial score (nSPS) is 18.9. The Morgan fingerprint density at radius 3 is 2.50 bits per heavy atom. The minimum Gasteiger partial charge on any atom is -0.332 e. The molecule has 5 nitrogen and oxygen atoms in total. The highest BCUT2D eigenvalue weighted by Crippen LogP contribution is 2.49. The Bertz CT molecular complexity index is 546. The molecule has 0 aromatic carbocycles. The number of nitrogens with one attached hydrogen (secondary N) is 2. The first kappa shape index (κ1) is 13.3. The number of H-pyrrole nitrogens is 1. The minimum atomic E-state index is -4.58. The molecule has 102 valence electrons. The fraction of sp³-hybridized carbons (Fsp3) is 0.667. The summed E-state index contributed by atoms with van der Waals surface area (Å²) >= 11 is 0. The summed E-state index contributed by atoms with van der Waals surface area (Å²) < 4.78 is 63.3. The van der Waals surface area contributed by atoms with Gasteiger partial charge in [-0.1, -0.05) is 6.92 Å². The Hall–Kier alpha value is -1.09. The van der Waals surface area contributed by atoms with E-state index in [0.717, 1.165) is 6.20 Å². The van der Waals surface area contributed by atoms with E-state index >= 15 is 0 Å². The van der Waals surface area contributed by atoms with Gasteiger partial charge < -0.3 is 4.98 Å². The van der Waals surface area contributed by atoms with Gasteiger partial charge in [-0.2, -0.15) is 17.9 Å². The van der Waals surface area contributed by atoms with E-state index in [0.29, 0.717) is 12.2 Å². The van der Waals surface area contributed by atoms with Gasteiger partial charge in [-0.15, -0.1) is 0 Å². The fourth-order valence-electron chi connectivity index (χ4n) is 1.54. The van der Waals surface area contributed by atoms with Crippen molar-refractivity contribution in [2.75, 3.05) is 0 Å². The summed E-state index contributed by atoms with van der Waals surface area (Å²) in [5.74, 6) is 0.409. The van der Waals surface area contributed by atoms with Crippen LogP contribution in [0.4, 0.5) is 13.2 Å². The third kappa shape index (κ3) is 2.24. The highest BCUT2D eigenvalue weighted by Gasteiger charge is 2.65. The van der Waals surface area contributed by atoms with Crippen LogP contribution in [0.15, 0.2) is 11.2 Å². The van der Waals surface area contributed by atoms with E-state index < -0.39 is 21.7 Å². The molecule has 0 aliphatic heterocycles. The lowest BCUT2D eigenvalue weighted by molar-refractivity contribution is -0.160. The molecule has 1 heterocycles. The van der Waals surface area contributed by atoms with Crippen LogP contribution in [0.5, 0.6) is 0 Å². The molecule has 0 amide bonds. The molecule has 1 aliphatic rings. The summed E-state index contributed by atoms with van der Waals surface area (Å²) in [6.45, 7) is 1.75. The molecule has 1 saturated carbocycles. The third-order valence-electron chi connectivity index (χ3n) is 2.85. The molecule has 0 bridgehead atoms. The molecule has 9 heteroatoms. The summed E-state index contributed by atoms with van der Waals surface area (Å²) in [7, 11) is -4.22. The zero-order valence-electron chi connectivity index (χ0n) is 9.50. The number of aromatic nitrogens is 2. The summed E-state index contributed by atoms with van der Waals surface area (Å²) in [6, 6.07) is 0. The quantitative estimate of drug-likeness (QED) is 0.875. The molecule has 0 atom stereocenters. The average molecular weight is 283 g/mol. The van der Waals surface area contributed by atoms with Gasteiger partial charge >= 0.3 is 6.18 Å². The maximum absolute atomic E-state index is 12.7. The van der Waals surface area contributed by atoms with Crippen LogP contribution >= 0.6 is 0 Å². The average Bonchev–Trinajstić information content (AvgIpc) is 2.86. The van der Waals surface area contributed by atoms with Crippen LogP contribution in [0.3, 0.4) is 0 Å². The lowest BCUT2D eigenvalue weighted by Crippen LogP contribution is -2.47. The van der Waals surface area contributed by atoms with Crippen LogP contribution in [0, 0.1) is 0 Å². The van der Waals surface area contributed by atoms with Gasteiger partial charge in [-0.25, -0.2) is 13.4 Å². The van der Waals surface area contributed by atoms with Crippen molar-refractivity contribution < 1.29 is 21.6 Å². The maximum atomic E-state index is 12.7.